The van der Waals surface area contributed by atoms with Crippen LogP contribution in [0.25, 0.3) is 0 Å². The molecule has 6 nitrogen and oxygen atoms in total. The van der Waals surface area contributed by atoms with E-state index in [9.17, 15) is 10.2 Å². The van der Waals surface area contributed by atoms with E-state index in [4.69, 9.17) is 0 Å². The van der Waals surface area contributed by atoms with Crippen LogP contribution in [-0.4, -0.2) is 73.7 Å². The molecule has 0 spiro atoms. The lowest BCUT2D eigenvalue weighted by molar-refractivity contribution is -0.149. The number of aliphatic hydroxyl groups is 1. The molecule has 1 saturated carbocycles. The van der Waals surface area contributed by atoms with Gasteiger partial charge >= 0.3 is 0 Å². The minimum atomic E-state index is -0.752. The first kappa shape index (κ1) is 21.6. The molecule has 2 N–H and O–H groups in total. The highest BCUT2D eigenvalue weighted by atomic mass is 16.3. The Balaban J connectivity index is 1.33. The van der Waals surface area contributed by atoms with Crippen LogP contribution in [-0.2, 0) is 18.4 Å². The molecule has 6 rings (SSSR count). The minimum absolute atomic E-state index is 0.174. The highest BCUT2D eigenvalue weighted by Crippen LogP contribution is 2.56. The first-order chi connectivity index (χ1) is 15.9. The molecule has 6 heteroatoms. The molecule has 4 atom stereocenters. The van der Waals surface area contributed by atoms with Gasteiger partial charge in [-0.25, -0.2) is 0 Å². The molecule has 3 fully saturated rings. The molecule has 2 bridgehead atoms. The van der Waals surface area contributed by atoms with Gasteiger partial charge in [-0.1, -0.05) is 6.07 Å². The van der Waals surface area contributed by atoms with Gasteiger partial charge in [0.1, 0.15) is 5.75 Å². The molecule has 0 radical (unpaired) electrons. The Morgan fingerprint density at radius 3 is 2.70 bits per heavy atom. The predicted molar refractivity (Wildman–Crippen MR) is 128 cm³/mol. The van der Waals surface area contributed by atoms with Crippen LogP contribution in [0.15, 0.2) is 30.6 Å². The highest BCUT2D eigenvalue weighted by molar-refractivity contribution is 5.48. The van der Waals surface area contributed by atoms with Crippen molar-refractivity contribution in [3.63, 3.8) is 0 Å². The number of benzene rings is 1. The van der Waals surface area contributed by atoms with Crippen LogP contribution in [0.3, 0.4) is 0 Å². The predicted octanol–water partition coefficient (Wildman–Crippen LogP) is 3.09. The number of rotatable bonds is 5. The normalized spacial score (nSPS) is 33.2. The summed E-state index contributed by atoms with van der Waals surface area (Å²) in [7, 11) is 0. The van der Waals surface area contributed by atoms with E-state index in [-0.39, 0.29) is 11.5 Å². The molecule has 1 aromatic heterocycles. The third kappa shape index (κ3) is 3.53. The zero-order chi connectivity index (χ0) is 22.8. The molecule has 4 aliphatic rings. The Morgan fingerprint density at radius 1 is 1.15 bits per heavy atom. The molecular weight excluding hydrogens is 412 g/mol. The molecule has 3 heterocycles. The van der Waals surface area contributed by atoms with Crippen molar-refractivity contribution in [1.29, 1.82) is 0 Å². The first-order valence-corrected chi connectivity index (χ1v) is 12.9. The quantitative estimate of drug-likeness (QED) is 0.733. The number of aryl methyl sites for hydroxylation is 1. The molecule has 2 aliphatic heterocycles. The van der Waals surface area contributed by atoms with E-state index in [1.54, 1.807) is 0 Å². The Bertz CT molecular complexity index is 1030. The lowest BCUT2D eigenvalue weighted by atomic mass is 9.52. The summed E-state index contributed by atoms with van der Waals surface area (Å²) < 4.78 is 2.05. The second kappa shape index (κ2) is 7.82. The standard InChI is InChI=1S/C27H38N4O2/c1-19-15-28-31(16-19)17-20(2)29-10-7-26-8-11-30(18-21-3-4-21)25(27(26,33)9-12-29)13-22-5-6-23(32)14-24(22)26/h5-6,14-16,20-21,25,32-33H,3-4,7-13,17-18H2,1-2H3/t20-,25+,26-,27+/m0/s1. The third-order valence-corrected chi connectivity index (χ3v) is 9.30. The van der Waals surface area contributed by atoms with E-state index in [1.165, 1.54) is 29.5 Å². The van der Waals surface area contributed by atoms with Gasteiger partial charge in [-0.2, -0.15) is 5.10 Å². The average molecular weight is 451 g/mol. The van der Waals surface area contributed by atoms with Crippen LogP contribution >= 0.6 is 0 Å². The second-order valence-electron chi connectivity index (χ2n) is 11.4. The van der Waals surface area contributed by atoms with Crippen LogP contribution in [0, 0.1) is 12.8 Å². The number of hydrogen-bond donors (Lipinski definition) is 2. The van der Waals surface area contributed by atoms with Crippen molar-refractivity contribution in [2.45, 2.75) is 82.0 Å². The van der Waals surface area contributed by atoms with Crippen LogP contribution in [0.2, 0.25) is 0 Å². The monoisotopic (exact) mass is 450 g/mol. The van der Waals surface area contributed by atoms with E-state index in [2.05, 4.69) is 41.0 Å². The number of phenols is 1. The summed E-state index contributed by atoms with van der Waals surface area (Å²) in [6.07, 6.45) is 10.3. The van der Waals surface area contributed by atoms with Gasteiger partial charge in [-0.15, -0.1) is 0 Å². The van der Waals surface area contributed by atoms with Gasteiger partial charge in [-0.05, 0) is 100 Å². The van der Waals surface area contributed by atoms with Gasteiger partial charge in [-0.3, -0.25) is 14.5 Å². The Morgan fingerprint density at radius 2 is 1.94 bits per heavy atom. The highest BCUT2D eigenvalue weighted by Gasteiger charge is 2.63. The first-order valence-electron chi connectivity index (χ1n) is 12.9. The maximum Gasteiger partial charge on any atom is 0.115 e. The molecule has 1 aromatic carbocycles. The largest absolute Gasteiger partial charge is 0.508 e. The minimum Gasteiger partial charge on any atom is -0.508 e. The molecule has 2 saturated heterocycles. The van der Waals surface area contributed by atoms with Gasteiger partial charge in [0, 0.05) is 36.8 Å². The molecular formula is C27H38N4O2. The van der Waals surface area contributed by atoms with Crippen LogP contribution in [0.5, 0.6) is 5.75 Å². The van der Waals surface area contributed by atoms with Gasteiger partial charge in [0.05, 0.1) is 18.3 Å². The lowest BCUT2D eigenvalue weighted by Gasteiger charge is -2.61. The second-order valence-corrected chi connectivity index (χ2v) is 11.4. The fraction of sp³-hybridized carbons (Fsp3) is 0.667. The number of aromatic hydroxyl groups is 1. The van der Waals surface area contributed by atoms with E-state index in [0.717, 1.165) is 64.3 Å². The Kier molecular flexibility index (Phi) is 5.13. The van der Waals surface area contributed by atoms with E-state index < -0.39 is 5.60 Å². The van der Waals surface area contributed by atoms with E-state index >= 15 is 0 Å². The number of likely N-dealkylation sites (tertiary alicyclic amines) is 2. The number of fused-ring (bicyclic) bond motifs is 1. The zero-order valence-corrected chi connectivity index (χ0v) is 20.1. The van der Waals surface area contributed by atoms with Crippen molar-refractivity contribution >= 4 is 0 Å². The number of aromatic nitrogens is 2. The fourth-order valence-corrected chi connectivity index (χ4v) is 7.28. The van der Waals surface area contributed by atoms with Crippen molar-refractivity contribution in [1.82, 2.24) is 19.6 Å². The summed E-state index contributed by atoms with van der Waals surface area (Å²) in [5.74, 6) is 1.15. The van der Waals surface area contributed by atoms with Crippen LogP contribution in [0.1, 0.15) is 55.7 Å². The fourth-order valence-electron chi connectivity index (χ4n) is 7.28. The van der Waals surface area contributed by atoms with Gasteiger partial charge in [0.25, 0.3) is 0 Å². The topological polar surface area (TPSA) is 64.8 Å². The summed E-state index contributed by atoms with van der Waals surface area (Å²) in [5, 5.41) is 27.5. The summed E-state index contributed by atoms with van der Waals surface area (Å²) in [6.45, 7) is 9.30. The lowest BCUT2D eigenvalue weighted by Crippen LogP contribution is -2.71. The van der Waals surface area contributed by atoms with E-state index in [0.29, 0.717) is 11.8 Å². The molecule has 2 aromatic rings. The summed E-state index contributed by atoms with van der Waals surface area (Å²) >= 11 is 0. The summed E-state index contributed by atoms with van der Waals surface area (Å²) in [4.78, 5) is 5.18. The number of nitrogens with zero attached hydrogens (tertiary/aromatic N) is 4. The zero-order valence-electron chi connectivity index (χ0n) is 20.1. The molecule has 33 heavy (non-hydrogen) atoms. The molecule has 0 amide bonds. The average Bonchev–Trinajstić information content (AvgIpc) is 3.53. The van der Waals surface area contributed by atoms with Crippen molar-refractivity contribution in [2.75, 3.05) is 26.2 Å². The molecule has 2 aliphatic carbocycles. The van der Waals surface area contributed by atoms with Crippen LogP contribution in [0.4, 0.5) is 0 Å². The Labute approximate surface area is 197 Å². The SMILES string of the molecule is Cc1cnn(C[C@H](C)N2CC[C@]34CCN(CC5CC5)[C@H](Cc5ccc(O)cc53)[C@]4(O)CC2)c1. The van der Waals surface area contributed by atoms with Crippen molar-refractivity contribution < 1.29 is 10.2 Å². The smallest absolute Gasteiger partial charge is 0.115 e. The van der Waals surface area contributed by atoms with Gasteiger partial charge in [0.15, 0.2) is 0 Å². The van der Waals surface area contributed by atoms with Crippen molar-refractivity contribution in [3.05, 3.63) is 47.3 Å². The molecule has 0 unspecified atom stereocenters. The van der Waals surface area contributed by atoms with Crippen LogP contribution < -0.4 is 0 Å². The molecule has 178 valence electrons. The van der Waals surface area contributed by atoms with Gasteiger partial charge < -0.3 is 10.2 Å². The third-order valence-electron chi connectivity index (χ3n) is 9.30. The number of phenolic OH excluding ortho intramolecular Hbond substituents is 1. The maximum absolute atomic E-state index is 12.6. The number of hydrogen-bond acceptors (Lipinski definition) is 5. The van der Waals surface area contributed by atoms with E-state index in [1.807, 2.05) is 23.0 Å². The number of piperidine rings is 1. The van der Waals surface area contributed by atoms with Crippen molar-refractivity contribution in [3.8, 4) is 5.75 Å². The summed E-state index contributed by atoms with van der Waals surface area (Å²) in [5.41, 5.74) is 2.71. The maximum atomic E-state index is 12.6. The van der Waals surface area contributed by atoms with Crippen molar-refractivity contribution in [2.24, 2.45) is 5.92 Å². The Hall–Kier alpha value is -1.89. The van der Waals surface area contributed by atoms with Gasteiger partial charge in [0.2, 0.25) is 0 Å². The summed E-state index contributed by atoms with van der Waals surface area (Å²) in [6, 6.07) is 6.45.